The maximum atomic E-state index is 12.1. The molecule has 0 unspecified atom stereocenters. The molecule has 0 saturated heterocycles. The molecule has 0 amide bonds. The Morgan fingerprint density at radius 3 is 2.53 bits per heavy atom. The predicted octanol–water partition coefficient (Wildman–Crippen LogP) is 3.35. The Kier molecular flexibility index (Phi) is 4.29. The molecule has 0 atom stereocenters. The van der Waals surface area contributed by atoms with E-state index in [0.717, 1.165) is 0 Å². The molecule has 2 heterocycles. The summed E-state index contributed by atoms with van der Waals surface area (Å²) in [7, 11) is -3.84. The zero-order valence-corrected chi connectivity index (χ0v) is 13.1. The van der Waals surface area contributed by atoms with E-state index in [2.05, 4.69) is 30.6 Å². The topological polar surface area (TPSA) is 72.0 Å². The van der Waals surface area contributed by atoms with Crippen molar-refractivity contribution in [2.24, 2.45) is 0 Å². The van der Waals surface area contributed by atoms with Crippen LogP contribution in [0.4, 0.5) is 5.69 Å². The van der Waals surface area contributed by atoms with Gasteiger partial charge in [0.25, 0.3) is 10.0 Å². The van der Waals surface area contributed by atoms with Crippen LogP contribution in [0.25, 0.3) is 0 Å². The lowest BCUT2D eigenvalue weighted by molar-refractivity contribution is 0.601. The molecule has 0 radical (unpaired) electrons. The maximum Gasteiger partial charge on any atom is 0.265 e. The van der Waals surface area contributed by atoms with Crippen molar-refractivity contribution in [2.45, 2.75) is 4.90 Å². The first kappa shape index (κ1) is 14.5. The van der Waals surface area contributed by atoms with Gasteiger partial charge in [-0.25, -0.2) is 18.4 Å². The largest absolute Gasteiger partial charge is 0.278 e. The van der Waals surface area contributed by atoms with Crippen LogP contribution in [0.1, 0.15) is 0 Å². The Morgan fingerprint density at radius 2 is 1.89 bits per heavy atom. The average Bonchev–Trinajstić information content (AvgIpc) is 2.35. The van der Waals surface area contributed by atoms with E-state index in [1.165, 1.54) is 30.6 Å². The van der Waals surface area contributed by atoms with Crippen molar-refractivity contribution < 1.29 is 8.42 Å². The molecule has 1 N–H and O–H groups in total. The first-order valence-electron chi connectivity index (χ1n) is 4.84. The molecular formula is C10H6BrCl2N3O2S. The first-order valence-corrected chi connectivity index (χ1v) is 7.87. The lowest BCUT2D eigenvalue weighted by Gasteiger charge is -2.09. The zero-order valence-electron chi connectivity index (χ0n) is 9.14. The van der Waals surface area contributed by atoms with Crippen molar-refractivity contribution in [1.82, 2.24) is 9.97 Å². The van der Waals surface area contributed by atoms with Gasteiger partial charge in [-0.15, -0.1) is 0 Å². The van der Waals surface area contributed by atoms with Crippen LogP contribution in [0.3, 0.4) is 0 Å². The number of anilines is 1. The second-order valence-electron chi connectivity index (χ2n) is 3.42. The SMILES string of the molecule is O=S(=O)(Nc1ccc(Cl)nc1)c1cc(Br)cnc1Cl. The highest BCUT2D eigenvalue weighted by molar-refractivity contribution is 9.10. The number of nitrogens with one attached hydrogen (secondary N) is 1. The quantitative estimate of drug-likeness (QED) is 0.826. The van der Waals surface area contributed by atoms with Crippen LogP contribution < -0.4 is 4.72 Å². The third-order valence-electron chi connectivity index (χ3n) is 2.04. The van der Waals surface area contributed by atoms with Crippen LogP contribution in [-0.2, 0) is 10.0 Å². The van der Waals surface area contributed by atoms with Crippen molar-refractivity contribution in [1.29, 1.82) is 0 Å². The number of hydrogen-bond acceptors (Lipinski definition) is 4. The lowest BCUT2D eigenvalue weighted by Crippen LogP contribution is -2.14. The van der Waals surface area contributed by atoms with Gasteiger partial charge in [-0.3, -0.25) is 4.72 Å². The Balaban J connectivity index is 2.37. The van der Waals surface area contributed by atoms with E-state index in [4.69, 9.17) is 23.2 Å². The average molecular weight is 383 g/mol. The van der Waals surface area contributed by atoms with E-state index < -0.39 is 10.0 Å². The smallest absolute Gasteiger partial charge is 0.265 e. The zero-order chi connectivity index (χ0) is 14.0. The van der Waals surface area contributed by atoms with Gasteiger partial charge in [0.05, 0.1) is 11.9 Å². The molecular weight excluding hydrogens is 377 g/mol. The molecule has 0 aliphatic heterocycles. The van der Waals surface area contributed by atoms with Gasteiger partial charge in [0.1, 0.15) is 15.2 Å². The van der Waals surface area contributed by atoms with Crippen LogP contribution >= 0.6 is 39.1 Å². The summed E-state index contributed by atoms with van der Waals surface area (Å²) in [6.45, 7) is 0. The second-order valence-corrected chi connectivity index (χ2v) is 6.73. The third-order valence-corrected chi connectivity index (χ3v) is 4.51. The van der Waals surface area contributed by atoms with Crippen LogP contribution in [0, 0.1) is 0 Å². The minimum atomic E-state index is -3.84. The molecule has 2 aromatic heterocycles. The van der Waals surface area contributed by atoms with Gasteiger partial charge in [-0.1, -0.05) is 23.2 Å². The number of sulfonamides is 1. The van der Waals surface area contributed by atoms with Crippen LogP contribution in [0.15, 0.2) is 40.0 Å². The minimum Gasteiger partial charge on any atom is -0.278 e. The summed E-state index contributed by atoms with van der Waals surface area (Å²) in [6, 6.07) is 4.33. The number of hydrogen-bond donors (Lipinski definition) is 1. The summed E-state index contributed by atoms with van der Waals surface area (Å²) in [5.74, 6) is 0. The van der Waals surface area contributed by atoms with Crippen LogP contribution in [0.5, 0.6) is 0 Å². The number of pyridine rings is 2. The molecule has 0 spiro atoms. The van der Waals surface area contributed by atoms with Gasteiger partial charge >= 0.3 is 0 Å². The number of nitrogens with zero attached hydrogens (tertiary/aromatic N) is 2. The highest BCUT2D eigenvalue weighted by atomic mass is 79.9. The fourth-order valence-electron chi connectivity index (χ4n) is 1.24. The maximum absolute atomic E-state index is 12.1. The fraction of sp³-hybridized carbons (Fsp3) is 0. The Hall–Kier alpha value is -0.890. The predicted molar refractivity (Wildman–Crippen MR) is 77.0 cm³/mol. The van der Waals surface area contributed by atoms with Crippen LogP contribution in [0.2, 0.25) is 10.3 Å². The summed E-state index contributed by atoms with van der Waals surface area (Å²) in [5, 5.41) is 0.155. The number of aromatic nitrogens is 2. The highest BCUT2D eigenvalue weighted by Crippen LogP contribution is 2.24. The van der Waals surface area contributed by atoms with E-state index in [9.17, 15) is 8.42 Å². The van der Waals surface area contributed by atoms with Gasteiger partial charge in [0.2, 0.25) is 0 Å². The van der Waals surface area contributed by atoms with E-state index in [0.29, 0.717) is 4.47 Å². The summed E-state index contributed by atoms with van der Waals surface area (Å²) >= 11 is 14.5. The van der Waals surface area contributed by atoms with Gasteiger partial charge < -0.3 is 0 Å². The van der Waals surface area contributed by atoms with Crippen molar-refractivity contribution in [3.63, 3.8) is 0 Å². The number of halogens is 3. The highest BCUT2D eigenvalue weighted by Gasteiger charge is 2.19. The van der Waals surface area contributed by atoms with E-state index in [-0.39, 0.29) is 20.9 Å². The minimum absolute atomic E-state index is 0.113. The second kappa shape index (κ2) is 5.62. The first-order chi connectivity index (χ1) is 8.88. The van der Waals surface area contributed by atoms with Crippen molar-refractivity contribution in [3.05, 3.63) is 45.4 Å². The summed E-state index contributed by atoms with van der Waals surface area (Å²) < 4.78 is 27.1. The van der Waals surface area contributed by atoms with Gasteiger partial charge in [0.15, 0.2) is 0 Å². The summed E-state index contributed by atoms with van der Waals surface area (Å²) in [5.41, 5.74) is 0.278. The third kappa shape index (κ3) is 3.56. The molecule has 19 heavy (non-hydrogen) atoms. The molecule has 0 saturated carbocycles. The lowest BCUT2D eigenvalue weighted by atomic mass is 10.4. The Morgan fingerprint density at radius 1 is 1.16 bits per heavy atom. The van der Waals surface area contributed by atoms with E-state index >= 15 is 0 Å². The molecule has 100 valence electrons. The Bertz CT molecular complexity index is 707. The summed E-state index contributed by atoms with van der Waals surface area (Å²) in [4.78, 5) is 7.41. The standard InChI is InChI=1S/C10H6BrCl2N3O2S/c11-6-3-8(10(13)15-4-6)19(17,18)16-7-1-2-9(12)14-5-7/h1-5,16H. The molecule has 0 aromatic carbocycles. The van der Waals surface area contributed by atoms with Crippen molar-refractivity contribution in [3.8, 4) is 0 Å². The molecule has 9 heteroatoms. The van der Waals surface area contributed by atoms with Gasteiger partial charge in [-0.05, 0) is 34.1 Å². The molecule has 0 aliphatic rings. The molecule has 2 rings (SSSR count). The Labute approximate surface area is 128 Å². The van der Waals surface area contributed by atoms with Crippen LogP contribution in [-0.4, -0.2) is 18.4 Å². The number of rotatable bonds is 3. The van der Waals surface area contributed by atoms with E-state index in [1.807, 2.05) is 0 Å². The van der Waals surface area contributed by atoms with Gasteiger partial charge in [-0.2, -0.15) is 0 Å². The monoisotopic (exact) mass is 381 g/mol. The van der Waals surface area contributed by atoms with Crippen molar-refractivity contribution >= 4 is 54.8 Å². The summed E-state index contributed by atoms with van der Waals surface area (Å²) in [6.07, 6.45) is 2.71. The van der Waals surface area contributed by atoms with E-state index in [1.54, 1.807) is 0 Å². The molecule has 0 aliphatic carbocycles. The molecule has 2 aromatic rings. The van der Waals surface area contributed by atoms with Crippen molar-refractivity contribution in [2.75, 3.05) is 4.72 Å². The fourth-order valence-corrected chi connectivity index (χ4v) is 3.34. The normalized spacial score (nSPS) is 11.3. The molecule has 5 nitrogen and oxygen atoms in total. The molecule has 0 fully saturated rings. The molecule has 0 bridgehead atoms. The van der Waals surface area contributed by atoms with Gasteiger partial charge in [0, 0.05) is 10.7 Å².